The van der Waals surface area contributed by atoms with Gasteiger partial charge in [-0.25, -0.2) is 0 Å². The molecule has 1 aliphatic heterocycles. The number of carbonyl (C=O) groups excluding carboxylic acids is 2. The van der Waals surface area contributed by atoms with E-state index in [1.54, 1.807) is 6.07 Å². The first-order chi connectivity index (χ1) is 8.19. The minimum Gasteiger partial charge on any atom is -0.468 e. The number of esters is 1. The molecule has 1 heterocycles. The van der Waals surface area contributed by atoms with Crippen LogP contribution in [0.3, 0.4) is 0 Å². The number of nitrogens with two attached hydrogens (primary N) is 1. The van der Waals surface area contributed by atoms with Crippen molar-refractivity contribution in [2.75, 3.05) is 7.11 Å². The Morgan fingerprint density at radius 2 is 2.06 bits per heavy atom. The quantitative estimate of drug-likeness (QED) is 0.559. The predicted octanol–water partition coefficient (Wildman–Crippen LogP) is 0.0712. The van der Waals surface area contributed by atoms with Crippen LogP contribution in [0.25, 0.3) is 0 Å². The summed E-state index contributed by atoms with van der Waals surface area (Å²) in [5.74, 6) is -1.07. The van der Waals surface area contributed by atoms with E-state index in [0.29, 0.717) is 6.29 Å². The van der Waals surface area contributed by atoms with Crippen LogP contribution in [0.4, 0.5) is 0 Å². The van der Waals surface area contributed by atoms with Gasteiger partial charge in [0.1, 0.15) is 12.2 Å². The molecule has 3 atom stereocenters. The van der Waals surface area contributed by atoms with Gasteiger partial charge in [-0.15, -0.1) is 0 Å². The molecule has 5 nitrogen and oxygen atoms in total. The van der Waals surface area contributed by atoms with E-state index in [-0.39, 0.29) is 0 Å². The van der Waals surface area contributed by atoms with E-state index < -0.39 is 24.1 Å². The maximum atomic E-state index is 11.7. The van der Waals surface area contributed by atoms with Crippen LogP contribution in [-0.4, -0.2) is 25.4 Å². The summed E-state index contributed by atoms with van der Waals surface area (Å²) in [6, 6.07) is 6.65. The molecule has 0 amide bonds. The number of hydrogen-bond acceptors (Lipinski definition) is 5. The Morgan fingerprint density at radius 1 is 1.41 bits per heavy atom. The molecular weight excluding hydrogens is 220 g/mol. The lowest BCUT2D eigenvalue weighted by atomic mass is 9.84. The minimum atomic E-state index is -0.646. The molecule has 0 aromatic heterocycles. The number of rotatable bonds is 2. The molecular formula is C12H14N2O3. The highest BCUT2D eigenvalue weighted by molar-refractivity contribution is 5.85. The van der Waals surface area contributed by atoms with E-state index in [1.807, 2.05) is 18.2 Å². The molecule has 0 fully saturated rings. The van der Waals surface area contributed by atoms with Crippen molar-refractivity contribution in [1.29, 1.82) is 0 Å². The summed E-state index contributed by atoms with van der Waals surface area (Å²) in [5.41, 5.74) is 7.47. The van der Waals surface area contributed by atoms with E-state index in [1.165, 1.54) is 7.11 Å². The summed E-state index contributed by atoms with van der Waals surface area (Å²) in [5, 5.41) is 2.90. The number of fused-ring (bicyclic) bond motifs is 1. The van der Waals surface area contributed by atoms with Crippen molar-refractivity contribution in [3.05, 3.63) is 35.4 Å². The van der Waals surface area contributed by atoms with Crippen LogP contribution in [0.1, 0.15) is 23.2 Å². The van der Waals surface area contributed by atoms with Gasteiger partial charge < -0.3 is 15.3 Å². The third-order valence-corrected chi connectivity index (χ3v) is 3.00. The lowest BCUT2D eigenvalue weighted by Crippen LogP contribution is -2.49. The van der Waals surface area contributed by atoms with Crippen molar-refractivity contribution < 1.29 is 14.3 Å². The Hall–Kier alpha value is -1.72. The molecule has 3 unspecified atom stereocenters. The molecule has 0 bridgehead atoms. The van der Waals surface area contributed by atoms with Gasteiger partial charge in [0.2, 0.25) is 0 Å². The maximum absolute atomic E-state index is 11.7. The van der Waals surface area contributed by atoms with Crippen LogP contribution in [0.5, 0.6) is 0 Å². The summed E-state index contributed by atoms with van der Waals surface area (Å²) >= 11 is 0. The third kappa shape index (κ3) is 1.94. The average Bonchev–Trinajstić information content (AvgIpc) is 2.37. The smallest absolute Gasteiger partial charge is 0.315 e. The zero-order valence-corrected chi connectivity index (χ0v) is 9.42. The highest BCUT2D eigenvalue weighted by Gasteiger charge is 2.37. The van der Waals surface area contributed by atoms with Gasteiger partial charge in [-0.2, -0.15) is 0 Å². The van der Waals surface area contributed by atoms with E-state index >= 15 is 0 Å². The van der Waals surface area contributed by atoms with E-state index in [0.717, 1.165) is 11.1 Å². The summed E-state index contributed by atoms with van der Waals surface area (Å²) < 4.78 is 4.74. The second-order valence-corrected chi connectivity index (χ2v) is 3.94. The van der Waals surface area contributed by atoms with Gasteiger partial charge in [0.25, 0.3) is 0 Å². The topological polar surface area (TPSA) is 81.4 Å². The Balaban J connectivity index is 2.50. The Morgan fingerprint density at radius 3 is 2.65 bits per heavy atom. The van der Waals surface area contributed by atoms with Gasteiger partial charge in [-0.1, -0.05) is 24.3 Å². The predicted molar refractivity (Wildman–Crippen MR) is 61.1 cm³/mol. The second kappa shape index (κ2) is 4.65. The summed E-state index contributed by atoms with van der Waals surface area (Å²) in [4.78, 5) is 22.8. The van der Waals surface area contributed by atoms with Crippen LogP contribution in [0.2, 0.25) is 0 Å². The lowest BCUT2D eigenvalue weighted by Gasteiger charge is -2.33. The molecule has 1 aliphatic rings. The van der Waals surface area contributed by atoms with Crippen LogP contribution in [0.15, 0.2) is 24.3 Å². The Kier molecular flexibility index (Phi) is 3.21. The highest BCUT2D eigenvalue weighted by Crippen LogP contribution is 2.31. The monoisotopic (exact) mass is 234 g/mol. The van der Waals surface area contributed by atoms with Gasteiger partial charge in [-0.05, 0) is 11.1 Å². The number of carbonyl (C=O) groups is 2. The first kappa shape index (κ1) is 11.8. The minimum absolute atomic E-state index is 0.436. The zero-order valence-electron chi connectivity index (χ0n) is 9.42. The molecule has 3 N–H and O–H groups in total. The second-order valence-electron chi connectivity index (χ2n) is 3.94. The SMILES string of the molecule is COC(=O)C1c2ccccc2C(N)NC1C=O. The first-order valence-corrected chi connectivity index (χ1v) is 5.32. The number of aldehydes is 1. The summed E-state index contributed by atoms with van der Waals surface area (Å²) in [6.07, 6.45) is 0.250. The van der Waals surface area contributed by atoms with Crippen molar-refractivity contribution in [2.24, 2.45) is 5.73 Å². The molecule has 0 aliphatic carbocycles. The van der Waals surface area contributed by atoms with Crippen molar-refractivity contribution in [2.45, 2.75) is 18.1 Å². The van der Waals surface area contributed by atoms with Crippen molar-refractivity contribution >= 4 is 12.3 Å². The van der Waals surface area contributed by atoms with Gasteiger partial charge in [0.15, 0.2) is 0 Å². The largest absolute Gasteiger partial charge is 0.468 e. The molecule has 90 valence electrons. The van der Waals surface area contributed by atoms with Gasteiger partial charge >= 0.3 is 5.97 Å². The summed E-state index contributed by atoms with van der Waals surface area (Å²) in [6.45, 7) is 0. The van der Waals surface area contributed by atoms with Gasteiger partial charge in [0, 0.05) is 0 Å². The molecule has 17 heavy (non-hydrogen) atoms. The molecule has 0 radical (unpaired) electrons. The van der Waals surface area contributed by atoms with Crippen molar-refractivity contribution in [3.63, 3.8) is 0 Å². The zero-order chi connectivity index (χ0) is 12.4. The Labute approximate surface area is 98.9 Å². The average molecular weight is 234 g/mol. The fourth-order valence-corrected chi connectivity index (χ4v) is 2.18. The van der Waals surface area contributed by atoms with Gasteiger partial charge in [-0.3, -0.25) is 10.1 Å². The standard InChI is InChI=1S/C12H14N2O3/c1-17-12(16)10-7-4-2-3-5-8(7)11(13)14-9(10)6-15/h2-6,9-11,14H,13H2,1H3. The fraction of sp³-hybridized carbons (Fsp3) is 0.333. The summed E-state index contributed by atoms with van der Waals surface area (Å²) in [7, 11) is 1.31. The fourth-order valence-electron chi connectivity index (χ4n) is 2.18. The highest BCUT2D eigenvalue weighted by atomic mass is 16.5. The van der Waals surface area contributed by atoms with Crippen LogP contribution < -0.4 is 11.1 Å². The molecule has 2 rings (SSSR count). The Bertz CT molecular complexity index is 447. The first-order valence-electron chi connectivity index (χ1n) is 5.32. The number of hydrogen-bond donors (Lipinski definition) is 2. The van der Waals surface area contributed by atoms with Gasteiger partial charge in [0.05, 0.1) is 19.3 Å². The molecule has 0 spiro atoms. The van der Waals surface area contributed by atoms with E-state index in [9.17, 15) is 9.59 Å². The van der Waals surface area contributed by atoms with Crippen LogP contribution in [0, 0.1) is 0 Å². The van der Waals surface area contributed by atoms with Crippen LogP contribution >= 0.6 is 0 Å². The normalized spacial score (nSPS) is 27.1. The van der Waals surface area contributed by atoms with E-state index in [4.69, 9.17) is 10.5 Å². The van der Waals surface area contributed by atoms with E-state index in [2.05, 4.69) is 5.32 Å². The number of benzene rings is 1. The number of methoxy groups -OCH3 is 1. The lowest BCUT2D eigenvalue weighted by molar-refractivity contribution is -0.144. The van der Waals surface area contributed by atoms with Crippen LogP contribution in [-0.2, 0) is 14.3 Å². The van der Waals surface area contributed by atoms with Crippen molar-refractivity contribution in [1.82, 2.24) is 5.32 Å². The number of nitrogens with one attached hydrogen (secondary N) is 1. The maximum Gasteiger partial charge on any atom is 0.315 e. The molecule has 0 saturated heterocycles. The van der Waals surface area contributed by atoms with Crippen molar-refractivity contribution in [3.8, 4) is 0 Å². The number of ether oxygens (including phenoxy) is 1. The molecule has 5 heteroatoms. The third-order valence-electron chi connectivity index (χ3n) is 3.00. The molecule has 0 saturated carbocycles. The molecule has 1 aromatic rings. The molecule has 1 aromatic carbocycles.